The van der Waals surface area contributed by atoms with Crippen LogP contribution in [0.3, 0.4) is 0 Å². The summed E-state index contributed by atoms with van der Waals surface area (Å²) in [6.45, 7) is 0.00486. The molecule has 1 aromatic carbocycles. The van der Waals surface area contributed by atoms with E-state index >= 15 is 0 Å². The highest BCUT2D eigenvalue weighted by Gasteiger charge is 2.08. The van der Waals surface area contributed by atoms with Crippen molar-refractivity contribution in [1.82, 2.24) is 9.55 Å². The summed E-state index contributed by atoms with van der Waals surface area (Å²) in [5, 5.41) is 0.305. The first kappa shape index (κ1) is 11.6. The molecule has 1 aromatic heterocycles. The molecule has 0 radical (unpaired) electrons. The van der Waals surface area contributed by atoms with Crippen LogP contribution in [0.4, 0.5) is 10.1 Å². The monoisotopic (exact) mass is 253 g/mol. The highest BCUT2D eigenvalue weighted by Crippen LogP contribution is 2.16. The Labute approximate surface area is 101 Å². The van der Waals surface area contributed by atoms with Gasteiger partial charge in [-0.15, -0.1) is 0 Å². The Hall–Kier alpha value is -1.88. The van der Waals surface area contributed by atoms with E-state index in [-0.39, 0.29) is 17.8 Å². The lowest BCUT2D eigenvalue weighted by Crippen LogP contribution is -2.23. The number of rotatable bonds is 2. The van der Waals surface area contributed by atoms with Gasteiger partial charge in [0, 0.05) is 17.4 Å². The Morgan fingerprint density at radius 2 is 2.24 bits per heavy atom. The quantitative estimate of drug-likeness (QED) is 0.828. The predicted molar refractivity (Wildman–Crippen MR) is 63.4 cm³/mol. The molecule has 0 spiro atoms. The van der Waals surface area contributed by atoms with Gasteiger partial charge in [-0.2, -0.15) is 0 Å². The zero-order valence-electron chi connectivity index (χ0n) is 8.73. The van der Waals surface area contributed by atoms with Crippen molar-refractivity contribution < 1.29 is 4.39 Å². The maximum Gasteiger partial charge on any atom is 0.347 e. The molecule has 0 unspecified atom stereocenters. The first-order valence-electron chi connectivity index (χ1n) is 4.83. The second-order valence-corrected chi connectivity index (χ2v) is 3.93. The van der Waals surface area contributed by atoms with Gasteiger partial charge >= 0.3 is 5.69 Å². The predicted octanol–water partition coefficient (Wildman–Crippen LogP) is 1.67. The molecule has 17 heavy (non-hydrogen) atoms. The number of halogens is 2. The third-order valence-corrected chi connectivity index (χ3v) is 2.50. The van der Waals surface area contributed by atoms with Crippen LogP contribution in [0, 0.1) is 5.82 Å². The fourth-order valence-corrected chi connectivity index (χ4v) is 1.62. The average Bonchev–Trinajstić information content (AvgIpc) is 2.28. The standard InChI is InChI=1S/C11H9ClFN3O/c12-7-4-15-11(17)16(5-7)6-8-9(13)2-1-3-10(8)14/h1-5H,6,14H2. The Morgan fingerprint density at radius 3 is 2.94 bits per heavy atom. The van der Waals surface area contributed by atoms with Crippen LogP contribution >= 0.6 is 11.6 Å². The van der Waals surface area contributed by atoms with E-state index in [2.05, 4.69) is 4.98 Å². The number of aromatic nitrogens is 2. The molecule has 2 aromatic rings. The maximum absolute atomic E-state index is 13.5. The minimum Gasteiger partial charge on any atom is -0.398 e. The molecule has 0 amide bonds. The van der Waals surface area contributed by atoms with Crippen molar-refractivity contribution >= 4 is 17.3 Å². The van der Waals surface area contributed by atoms with Gasteiger partial charge in [-0.05, 0) is 12.1 Å². The molecule has 0 saturated heterocycles. The van der Waals surface area contributed by atoms with Crippen molar-refractivity contribution in [3.8, 4) is 0 Å². The lowest BCUT2D eigenvalue weighted by molar-refractivity contribution is 0.595. The van der Waals surface area contributed by atoms with Crippen LogP contribution in [-0.2, 0) is 6.54 Å². The largest absolute Gasteiger partial charge is 0.398 e. The maximum atomic E-state index is 13.5. The molecule has 0 fully saturated rings. The van der Waals surface area contributed by atoms with Gasteiger partial charge in [0.25, 0.3) is 0 Å². The Morgan fingerprint density at radius 1 is 1.47 bits per heavy atom. The van der Waals surface area contributed by atoms with Crippen molar-refractivity contribution in [2.24, 2.45) is 0 Å². The zero-order chi connectivity index (χ0) is 12.4. The van der Waals surface area contributed by atoms with Crippen LogP contribution in [-0.4, -0.2) is 9.55 Å². The number of hydrogen-bond donors (Lipinski definition) is 1. The Kier molecular flexibility index (Phi) is 3.10. The minimum absolute atomic E-state index is 0.00486. The molecule has 0 atom stereocenters. The molecule has 6 heteroatoms. The Bertz CT molecular complexity index is 592. The van der Waals surface area contributed by atoms with E-state index in [0.29, 0.717) is 5.02 Å². The van der Waals surface area contributed by atoms with Gasteiger partial charge in [0.15, 0.2) is 0 Å². The van der Waals surface area contributed by atoms with Crippen LogP contribution < -0.4 is 11.4 Å². The molecule has 88 valence electrons. The van der Waals surface area contributed by atoms with Crippen molar-refractivity contribution in [2.75, 3.05) is 5.73 Å². The van der Waals surface area contributed by atoms with Gasteiger partial charge in [-0.3, -0.25) is 4.57 Å². The van der Waals surface area contributed by atoms with Gasteiger partial charge in [-0.1, -0.05) is 17.7 Å². The molecule has 0 saturated carbocycles. The van der Waals surface area contributed by atoms with E-state index in [1.54, 1.807) is 6.07 Å². The summed E-state index contributed by atoms with van der Waals surface area (Å²) in [7, 11) is 0. The van der Waals surface area contributed by atoms with E-state index < -0.39 is 11.5 Å². The molecule has 0 aliphatic heterocycles. The van der Waals surface area contributed by atoms with Crippen molar-refractivity contribution in [2.45, 2.75) is 6.54 Å². The van der Waals surface area contributed by atoms with Crippen molar-refractivity contribution in [3.05, 3.63) is 57.5 Å². The van der Waals surface area contributed by atoms with Crippen LogP contribution in [0.1, 0.15) is 5.56 Å². The second kappa shape index (κ2) is 4.55. The normalized spacial score (nSPS) is 10.5. The van der Waals surface area contributed by atoms with E-state index in [0.717, 1.165) is 0 Å². The summed E-state index contributed by atoms with van der Waals surface area (Å²) in [5.41, 5.74) is 5.68. The van der Waals surface area contributed by atoms with E-state index in [1.807, 2.05) is 0 Å². The number of nitrogen functional groups attached to an aromatic ring is 1. The first-order valence-corrected chi connectivity index (χ1v) is 5.20. The summed E-state index contributed by atoms with van der Waals surface area (Å²) in [4.78, 5) is 15.0. The topological polar surface area (TPSA) is 60.9 Å². The van der Waals surface area contributed by atoms with Crippen molar-refractivity contribution in [1.29, 1.82) is 0 Å². The van der Waals surface area contributed by atoms with Gasteiger partial charge in [0.2, 0.25) is 0 Å². The summed E-state index contributed by atoms with van der Waals surface area (Å²) in [6, 6.07) is 4.36. The molecule has 0 bridgehead atoms. The summed E-state index contributed by atoms with van der Waals surface area (Å²) >= 11 is 5.72. The van der Waals surface area contributed by atoms with Crippen LogP contribution in [0.5, 0.6) is 0 Å². The third-order valence-electron chi connectivity index (χ3n) is 2.31. The molecular weight excluding hydrogens is 245 g/mol. The number of anilines is 1. The number of benzene rings is 1. The minimum atomic E-state index is -0.503. The van der Waals surface area contributed by atoms with E-state index in [4.69, 9.17) is 17.3 Å². The highest BCUT2D eigenvalue weighted by atomic mass is 35.5. The zero-order valence-corrected chi connectivity index (χ0v) is 9.49. The smallest absolute Gasteiger partial charge is 0.347 e. The summed E-state index contributed by atoms with van der Waals surface area (Å²) < 4.78 is 14.7. The molecule has 4 nitrogen and oxygen atoms in total. The van der Waals surface area contributed by atoms with Crippen LogP contribution in [0.2, 0.25) is 5.02 Å². The fourth-order valence-electron chi connectivity index (χ4n) is 1.45. The van der Waals surface area contributed by atoms with E-state index in [1.165, 1.54) is 29.1 Å². The first-order chi connectivity index (χ1) is 8.08. The van der Waals surface area contributed by atoms with Crippen molar-refractivity contribution in [3.63, 3.8) is 0 Å². The molecular formula is C11H9ClFN3O. The van der Waals surface area contributed by atoms with Crippen LogP contribution in [0.15, 0.2) is 35.4 Å². The van der Waals surface area contributed by atoms with Gasteiger partial charge < -0.3 is 5.73 Å². The molecule has 1 heterocycles. The van der Waals surface area contributed by atoms with Crippen LogP contribution in [0.25, 0.3) is 0 Å². The fraction of sp³-hybridized carbons (Fsp3) is 0.0909. The van der Waals surface area contributed by atoms with Gasteiger partial charge in [0.1, 0.15) is 5.82 Å². The van der Waals surface area contributed by atoms with Gasteiger partial charge in [-0.25, -0.2) is 14.2 Å². The van der Waals surface area contributed by atoms with Gasteiger partial charge in [0.05, 0.1) is 17.8 Å². The average molecular weight is 254 g/mol. The van der Waals surface area contributed by atoms with E-state index in [9.17, 15) is 9.18 Å². The summed E-state index contributed by atoms with van der Waals surface area (Å²) in [6.07, 6.45) is 2.63. The Balaban J connectivity index is 2.45. The molecule has 0 aliphatic rings. The molecule has 2 N–H and O–H groups in total. The SMILES string of the molecule is Nc1cccc(F)c1Cn1cc(Cl)cnc1=O. The number of nitrogens with two attached hydrogens (primary N) is 1. The third kappa shape index (κ3) is 2.45. The summed E-state index contributed by atoms with van der Waals surface area (Å²) in [5.74, 6) is -0.461. The highest BCUT2D eigenvalue weighted by molar-refractivity contribution is 6.30. The molecule has 2 rings (SSSR count). The lowest BCUT2D eigenvalue weighted by atomic mass is 10.1. The molecule has 0 aliphatic carbocycles. The number of nitrogens with zero attached hydrogens (tertiary/aromatic N) is 2. The second-order valence-electron chi connectivity index (χ2n) is 3.49. The lowest BCUT2D eigenvalue weighted by Gasteiger charge is -2.08. The number of hydrogen-bond acceptors (Lipinski definition) is 3.